The van der Waals surface area contributed by atoms with Gasteiger partial charge in [-0.1, -0.05) is 5.22 Å². The van der Waals surface area contributed by atoms with Crippen LogP contribution in [0.15, 0.2) is 56.4 Å². The zero-order valence-electron chi connectivity index (χ0n) is 11.1. The first kappa shape index (κ1) is 13.3. The summed E-state index contributed by atoms with van der Waals surface area (Å²) in [4.78, 5) is 0. The van der Waals surface area contributed by atoms with Gasteiger partial charge in [-0.05, 0) is 40.7 Å². The molecule has 2 rings (SSSR count). The zero-order chi connectivity index (χ0) is 13.7. The highest BCUT2D eigenvalue weighted by atomic mass is 32.1. The lowest BCUT2D eigenvalue weighted by atomic mass is 10.3. The van der Waals surface area contributed by atoms with Crippen LogP contribution in [0.3, 0.4) is 0 Å². The number of hydrogen-bond acceptors (Lipinski definition) is 5. The van der Waals surface area contributed by atoms with Crippen LogP contribution >= 0.6 is 11.3 Å². The fourth-order valence-corrected chi connectivity index (χ4v) is 1.93. The standard InChI is InChI=1S/C12H15N6S/c1-17(2)16-14-11-6-4-10(5-7-11)13-15-12-18(3)8-9-19-12/h4-9H,1-3H3/q+1. The molecule has 0 aliphatic heterocycles. The summed E-state index contributed by atoms with van der Waals surface area (Å²) in [6.07, 6.45) is 1.95. The maximum atomic E-state index is 4.18. The number of thiazole rings is 1. The topological polar surface area (TPSA) is 56.6 Å². The summed E-state index contributed by atoms with van der Waals surface area (Å²) in [6, 6.07) is 7.44. The van der Waals surface area contributed by atoms with Crippen LogP contribution < -0.4 is 4.57 Å². The van der Waals surface area contributed by atoms with Crippen LogP contribution in [0.5, 0.6) is 0 Å². The van der Waals surface area contributed by atoms with E-state index in [1.165, 1.54) is 0 Å². The molecule has 0 aliphatic carbocycles. The smallest absolute Gasteiger partial charge is 0.285 e. The number of hydrogen-bond donors (Lipinski definition) is 0. The maximum Gasteiger partial charge on any atom is 0.408 e. The number of benzene rings is 1. The van der Waals surface area contributed by atoms with Gasteiger partial charge in [0.05, 0.1) is 17.8 Å². The van der Waals surface area contributed by atoms with E-state index in [4.69, 9.17) is 0 Å². The van der Waals surface area contributed by atoms with Crippen molar-refractivity contribution in [1.82, 2.24) is 5.01 Å². The summed E-state index contributed by atoms with van der Waals surface area (Å²) in [7, 11) is 5.59. The molecule has 2 aromatic rings. The van der Waals surface area contributed by atoms with Crippen molar-refractivity contribution in [1.29, 1.82) is 0 Å². The lowest BCUT2D eigenvalue weighted by molar-refractivity contribution is -0.654. The average Bonchev–Trinajstić information content (AvgIpc) is 2.81. The quantitative estimate of drug-likeness (QED) is 0.478. The second kappa shape index (κ2) is 6.14. The molecule has 0 saturated heterocycles. The molecule has 6 nitrogen and oxygen atoms in total. The largest absolute Gasteiger partial charge is 0.408 e. The second-order valence-corrected chi connectivity index (χ2v) is 4.92. The van der Waals surface area contributed by atoms with Crippen molar-refractivity contribution >= 4 is 27.8 Å². The molecule has 0 saturated carbocycles. The van der Waals surface area contributed by atoms with Crippen molar-refractivity contribution in [3.8, 4) is 0 Å². The first-order valence-electron chi connectivity index (χ1n) is 5.69. The van der Waals surface area contributed by atoms with Gasteiger partial charge >= 0.3 is 5.13 Å². The van der Waals surface area contributed by atoms with Gasteiger partial charge in [-0.3, -0.25) is 5.01 Å². The van der Waals surface area contributed by atoms with E-state index >= 15 is 0 Å². The third kappa shape index (κ3) is 3.92. The molecular weight excluding hydrogens is 260 g/mol. The van der Waals surface area contributed by atoms with E-state index in [1.807, 2.05) is 61.6 Å². The number of rotatable bonds is 4. The van der Waals surface area contributed by atoms with E-state index in [0.717, 1.165) is 16.5 Å². The highest BCUT2D eigenvalue weighted by molar-refractivity contribution is 7.12. The summed E-state index contributed by atoms with van der Waals surface area (Å²) < 4.78 is 1.92. The number of nitrogens with zero attached hydrogens (tertiary/aromatic N) is 6. The van der Waals surface area contributed by atoms with Crippen LogP contribution in [0.4, 0.5) is 16.5 Å². The molecule has 98 valence electrons. The van der Waals surface area contributed by atoms with Crippen LogP contribution in [0.25, 0.3) is 0 Å². The van der Waals surface area contributed by atoms with E-state index in [9.17, 15) is 0 Å². The Morgan fingerprint density at radius 3 is 2.16 bits per heavy atom. The zero-order valence-corrected chi connectivity index (χ0v) is 11.9. The predicted octanol–water partition coefficient (Wildman–Crippen LogP) is 3.55. The summed E-state index contributed by atoms with van der Waals surface area (Å²) >= 11 is 1.55. The second-order valence-electron chi connectivity index (χ2n) is 4.05. The molecule has 1 aromatic carbocycles. The summed E-state index contributed by atoms with van der Waals surface area (Å²) in [6.45, 7) is 0. The average molecular weight is 275 g/mol. The highest BCUT2D eigenvalue weighted by Gasteiger charge is 2.06. The SMILES string of the molecule is CN(C)/N=N\c1ccc(/N=N/c2scc[n+]2C)cc1. The van der Waals surface area contributed by atoms with Gasteiger partial charge in [0.25, 0.3) is 0 Å². The fourth-order valence-electron chi connectivity index (χ4n) is 1.25. The number of aryl methyl sites for hydroxylation is 1. The minimum Gasteiger partial charge on any atom is -0.285 e. The van der Waals surface area contributed by atoms with Gasteiger partial charge < -0.3 is 0 Å². The molecule has 1 aromatic heterocycles. The molecule has 19 heavy (non-hydrogen) atoms. The highest BCUT2D eigenvalue weighted by Crippen LogP contribution is 2.21. The third-order valence-electron chi connectivity index (χ3n) is 2.20. The predicted molar refractivity (Wildman–Crippen MR) is 74.3 cm³/mol. The molecule has 0 radical (unpaired) electrons. The molecule has 0 spiro atoms. The van der Waals surface area contributed by atoms with Gasteiger partial charge in [-0.15, -0.1) is 5.11 Å². The van der Waals surface area contributed by atoms with Gasteiger partial charge in [0.15, 0.2) is 0 Å². The van der Waals surface area contributed by atoms with Crippen molar-refractivity contribution in [2.24, 2.45) is 27.6 Å². The lowest BCUT2D eigenvalue weighted by Gasteiger charge is -1.99. The van der Waals surface area contributed by atoms with Crippen LogP contribution in [0.2, 0.25) is 0 Å². The van der Waals surface area contributed by atoms with Crippen molar-refractivity contribution in [2.45, 2.75) is 0 Å². The van der Waals surface area contributed by atoms with Gasteiger partial charge in [0.1, 0.15) is 11.9 Å². The Labute approximate surface area is 115 Å². The van der Waals surface area contributed by atoms with Crippen LogP contribution in [-0.4, -0.2) is 19.1 Å². The Hall–Kier alpha value is -2.15. The molecule has 0 atom stereocenters. The monoisotopic (exact) mass is 275 g/mol. The lowest BCUT2D eigenvalue weighted by Crippen LogP contribution is -2.23. The minimum absolute atomic E-state index is 0.786. The summed E-state index contributed by atoms with van der Waals surface area (Å²) in [5.41, 5.74) is 1.58. The van der Waals surface area contributed by atoms with Gasteiger partial charge in [-0.2, -0.15) is 0 Å². The summed E-state index contributed by atoms with van der Waals surface area (Å²) in [5.74, 6) is 0. The number of aromatic nitrogens is 1. The summed E-state index contributed by atoms with van der Waals surface area (Å²) in [5, 5.41) is 20.8. The van der Waals surface area contributed by atoms with Crippen molar-refractivity contribution in [3.63, 3.8) is 0 Å². The Kier molecular flexibility index (Phi) is 4.30. The Morgan fingerprint density at radius 2 is 1.63 bits per heavy atom. The molecule has 0 bridgehead atoms. The molecule has 1 heterocycles. The van der Waals surface area contributed by atoms with Gasteiger partial charge in [0, 0.05) is 19.5 Å². The van der Waals surface area contributed by atoms with Crippen molar-refractivity contribution < 1.29 is 4.57 Å². The molecule has 0 fully saturated rings. The van der Waals surface area contributed by atoms with Crippen LogP contribution in [0, 0.1) is 0 Å². The maximum absolute atomic E-state index is 4.18. The third-order valence-corrected chi connectivity index (χ3v) is 3.04. The van der Waals surface area contributed by atoms with Crippen molar-refractivity contribution in [2.75, 3.05) is 14.1 Å². The number of azo groups is 1. The van der Waals surface area contributed by atoms with Crippen LogP contribution in [0.1, 0.15) is 0 Å². The Morgan fingerprint density at radius 1 is 1.00 bits per heavy atom. The van der Waals surface area contributed by atoms with Crippen molar-refractivity contribution in [3.05, 3.63) is 35.8 Å². The van der Waals surface area contributed by atoms with E-state index < -0.39 is 0 Å². The molecule has 7 heteroatoms. The molecule has 0 unspecified atom stereocenters. The molecule has 0 aliphatic rings. The molecule has 0 N–H and O–H groups in total. The van der Waals surface area contributed by atoms with Gasteiger partial charge in [0.2, 0.25) is 0 Å². The van der Waals surface area contributed by atoms with E-state index in [2.05, 4.69) is 20.6 Å². The Balaban J connectivity index is 2.07. The van der Waals surface area contributed by atoms with Crippen LogP contribution in [-0.2, 0) is 7.05 Å². The normalized spacial score (nSPS) is 11.5. The Bertz CT molecular complexity index is 585. The van der Waals surface area contributed by atoms with E-state index in [0.29, 0.717) is 0 Å². The molecular formula is C12H15N6S+. The van der Waals surface area contributed by atoms with E-state index in [-0.39, 0.29) is 0 Å². The van der Waals surface area contributed by atoms with Gasteiger partial charge in [-0.25, -0.2) is 4.57 Å². The fraction of sp³-hybridized carbons (Fsp3) is 0.250. The minimum atomic E-state index is 0.786. The van der Waals surface area contributed by atoms with E-state index in [1.54, 1.807) is 16.3 Å². The first-order chi connectivity index (χ1) is 9.15. The molecule has 0 amide bonds. The first-order valence-corrected chi connectivity index (χ1v) is 6.57.